The molecule has 2 N–H and O–H groups in total. The Balaban J connectivity index is 1.95. The molecule has 1 saturated heterocycles. The smallest absolute Gasteiger partial charge is 0.254 e. The lowest BCUT2D eigenvalue weighted by molar-refractivity contribution is 0.0943. The van der Waals surface area contributed by atoms with Gasteiger partial charge < -0.3 is 15.5 Å². The van der Waals surface area contributed by atoms with Gasteiger partial charge in [0.2, 0.25) is 0 Å². The van der Waals surface area contributed by atoms with Crippen molar-refractivity contribution in [3.05, 3.63) is 23.6 Å². The molecule has 0 aliphatic carbocycles. The van der Waals surface area contributed by atoms with Crippen molar-refractivity contribution in [2.75, 3.05) is 38.5 Å². The largest absolute Gasteiger partial charge is 0.368 e. The number of likely N-dealkylation sites (tertiary alicyclic amines) is 1. The van der Waals surface area contributed by atoms with Gasteiger partial charge in [-0.25, -0.2) is 9.37 Å². The van der Waals surface area contributed by atoms with Gasteiger partial charge >= 0.3 is 0 Å². The molecule has 1 amide bonds. The molecule has 1 atom stereocenters. The molecular formula is C15H23FN4O. The molecule has 0 aromatic carbocycles. The van der Waals surface area contributed by atoms with E-state index in [4.69, 9.17) is 0 Å². The molecule has 0 radical (unpaired) electrons. The zero-order chi connectivity index (χ0) is 15.2. The van der Waals surface area contributed by atoms with Gasteiger partial charge in [-0.15, -0.1) is 0 Å². The fourth-order valence-electron chi connectivity index (χ4n) is 2.51. The van der Waals surface area contributed by atoms with Gasteiger partial charge in [0.25, 0.3) is 5.91 Å². The molecule has 116 valence electrons. The highest BCUT2D eigenvalue weighted by Crippen LogP contribution is 2.16. The van der Waals surface area contributed by atoms with Crippen molar-refractivity contribution in [2.24, 2.45) is 5.92 Å². The molecule has 1 fully saturated rings. The Morgan fingerprint density at radius 3 is 3.05 bits per heavy atom. The molecule has 1 aliphatic rings. The van der Waals surface area contributed by atoms with Crippen molar-refractivity contribution in [1.82, 2.24) is 15.2 Å². The minimum atomic E-state index is -0.577. The van der Waals surface area contributed by atoms with Gasteiger partial charge in [0.1, 0.15) is 0 Å². The molecule has 1 unspecified atom stereocenters. The summed E-state index contributed by atoms with van der Waals surface area (Å²) in [6.45, 7) is 5.23. The van der Waals surface area contributed by atoms with Crippen molar-refractivity contribution in [3.63, 3.8) is 0 Å². The van der Waals surface area contributed by atoms with E-state index < -0.39 is 5.82 Å². The fourth-order valence-corrected chi connectivity index (χ4v) is 2.51. The summed E-state index contributed by atoms with van der Waals surface area (Å²) in [6.07, 6.45) is 3.39. The Morgan fingerprint density at radius 1 is 1.57 bits per heavy atom. The zero-order valence-electron chi connectivity index (χ0n) is 12.7. The van der Waals surface area contributed by atoms with Gasteiger partial charge in [-0.05, 0) is 38.4 Å². The van der Waals surface area contributed by atoms with Crippen LogP contribution in [0.3, 0.4) is 0 Å². The van der Waals surface area contributed by atoms with E-state index in [-0.39, 0.29) is 17.3 Å². The number of carbonyl (C=O) groups excluding carboxylic acids is 1. The number of nitrogens with one attached hydrogen (secondary N) is 2. The van der Waals surface area contributed by atoms with Crippen molar-refractivity contribution in [1.29, 1.82) is 0 Å². The lowest BCUT2D eigenvalue weighted by Crippen LogP contribution is -2.31. The summed E-state index contributed by atoms with van der Waals surface area (Å²) in [6, 6.07) is 1.42. The van der Waals surface area contributed by atoms with Crippen LogP contribution in [0.4, 0.5) is 10.2 Å². The lowest BCUT2D eigenvalue weighted by atomic mass is 10.1. The predicted octanol–water partition coefficient (Wildman–Crippen LogP) is 1.72. The quantitative estimate of drug-likeness (QED) is 0.839. The number of hydrogen-bond acceptors (Lipinski definition) is 4. The first-order valence-electron chi connectivity index (χ1n) is 7.47. The van der Waals surface area contributed by atoms with Crippen LogP contribution in [0.5, 0.6) is 0 Å². The summed E-state index contributed by atoms with van der Waals surface area (Å²) in [5.41, 5.74) is 0.0509. The van der Waals surface area contributed by atoms with Crippen LogP contribution in [-0.4, -0.2) is 49.0 Å². The van der Waals surface area contributed by atoms with E-state index in [2.05, 4.69) is 27.6 Å². The van der Waals surface area contributed by atoms with Crippen molar-refractivity contribution in [2.45, 2.75) is 19.8 Å². The molecule has 1 aromatic rings. The molecule has 2 heterocycles. The number of anilines is 1. The highest BCUT2D eigenvalue weighted by Gasteiger charge is 2.21. The lowest BCUT2D eigenvalue weighted by Gasteiger charge is -2.13. The van der Waals surface area contributed by atoms with Gasteiger partial charge in [0.15, 0.2) is 11.6 Å². The van der Waals surface area contributed by atoms with Crippen molar-refractivity contribution < 1.29 is 9.18 Å². The van der Waals surface area contributed by atoms with E-state index in [1.54, 1.807) is 0 Å². The molecule has 0 bridgehead atoms. The monoisotopic (exact) mass is 294 g/mol. The summed E-state index contributed by atoms with van der Waals surface area (Å²) in [5.74, 6) is -0.359. The molecule has 21 heavy (non-hydrogen) atoms. The Bertz CT molecular complexity index is 495. The van der Waals surface area contributed by atoms with Crippen molar-refractivity contribution >= 4 is 11.7 Å². The Morgan fingerprint density at radius 2 is 2.38 bits per heavy atom. The number of halogens is 1. The molecule has 0 saturated carbocycles. The summed E-state index contributed by atoms with van der Waals surface area (Å²) < 4.78 is 14.2. The third-order valence-corrected chi connectivity index (χ3v) is 3.72. The van der Waals surface area contributed by atoms with Crippen LogP contribution >= 0.6 is 0 Å². The molecule has 1 aliphatic heterocycles. The number of hydrogen-bond donors (Lipinski definition) is 2. The minimum absolute atomic E-state index is 0.0509. The third kappa shape index (κ3) is 4.14. The number of pyridine rings is 1. The van der Waals surface area contributed by atoms with E-state index in [1.165, 1.54) is 12.3 Å². The van der Waals surface area contributed by atoms with Crippen LogP contribution in [0.1, 0.15) is 30.1 Å². The van der Waals surface area contributed by atoms with E-state index in [0.717, 1.165) is 25.9 Å². The van der Waals surface area contributed by atoms with E-state index in [0.29, 0.717) is 19.0 Å². The average molecular weight is 294 g/mol. The maximum atomic E-state index is 14.2. The molecule has 5 nitrogen and oxygen atoms in total. The summed E-state index contributed by atoms with van der Waals surface area (Å²) >= 11 is 0. The van der Waals surface area contributed by atoms with Gasteiger partial charge in [-0.3, -0.25) is 4.79 Å². The minimum Gasteiger partial charge on any atom is -0.368 e. The van der Waals surface area contributed by atoms with Crippen LogP contribution in [0.25, 0.3) is 0 Å². The van der Waals surface area contributed by atoms with Crippen LogP contribution in [-0.2, 0) is 0 Å². The van der Waals surface area contributed by atoms with Gasteiger partial charge in [0.05, 0.1) is 5.56 Å². The first-order valence-corrected chi connectivity index (χ1v) is 7.47. The molecule has 0 spiro atoms. The average Bonchev–Trinajstić information content (AvgIpc) is 2.89. The number of rotatable bonds is 6. The Kier molecular flexibility index (Phi) is 5.50. The summed E-state index contributed by atoms with van der Waals surface area (Å²) in [4.78, 5) is 18.3. The van der Waals surface area contributed by atoms with E-state index in [1.807, 2.05) is 6.92 Å². The first kappa shape index (κ1) is 15.7. The summed E-state index contributed by atoms with van der Waals surface area (Å²) in [7, 11) is 2.07. The highest BCUT2D eigenvalue weighted by atomic mass is 19.1. The van der Waals surface area contributed by atoms with Crippen LogP contribution in [0, 0.1) is 11.7 Å². The Hall–Kier alpha value is -1.69. The first-order chi connectivity index (χ1) is 10.1. The van der Waals surface area contributed by atoms with E-state index in [9.17, 15) is 9.18 Å². The molecule has 2 rings (SSSR count). The second-order valence-corrected chi connectivity index (χ2v) is 5.57. The third-order valence-electron chi connectivity index (χ3n) is 3.72. The zero-order valence-corrected chi connectivity index (χ0v) is 12.7. The number of nitrogens with zero attached hydrogens (tertiary/aromatic N) is 2. The fraction of sp³-hybridized carbons (Fsp3) is 0.600. The predicted molar refractivity (Wildman–Crippen MR) is 80.9 cm³/mol. The van der Waals surface area contributed by atoms with Crippen LogP contribution < -0.4 is 10.6 Å². The van der Waals surface area contributed by atoms with Gasteiger partial charge in [0, 0.05) is 25.8 Å². The molecule has 6 heteroatoms. The summed E-state index contributed by atoms with van der Waals surface area (Å²) in [5, 5.41) is 5.71. The Labute approximate surface area is 124 Å². The topological polar surface area (TPSA) is 57.3 Å². The second-order valence-electron chi connectivity index (χ2n) is 5.57. The van der Waals surface area contributed by atoms with E-state index >= 15 is 0 Å². The van der Waals surface area contributed by atoms with Crippen molar-refractivity contribution in [3.8, 4) is 0 Å². The number of aromatic nitrogens is 1. The standard InChI is InChI=1S/C15H23FN4O/c1-3-6-17-14-13(16)12(4-7-18-14)15(21)19-9-11-5-8-20(2)10-11/h4,7,11H,3,5-6,8-10H2,1-2H3,(H,17,18)(H,19,21). The maximum absolute atomic E-state index is 14.2. The van der Waals surface area contributed by atoms with Gasteiger partial charge in [-0.1, -0.05) is 6.92 Å². The van der Waals surface area contributed by atoms with Crippen LogP contribution in [0.15, 0.2) is 12.3 Å². The molecule has 1 aromatic heterocycles. The normalized spacial score (nSPS) is 18.7. The van der Waals surface area contributed by atoms with Crippen LogP contribution in [0.2, 0.25) is 0 Å². The second kappa shape index (κ2) is 7.36. The number of amides is 1. The molecular weight excluding hydrogens is 271 g/mol. The van der Waals surface area contributed by atoms with Gasteiger partial charge in [-0.2, -0.15) is 0 Å². The SMILES string of the molecule is CCCNc1nccc(C(=O)NCC2CCN(C)C2)c1F. The highest BCUT2D eigenvalue weighted by molar-refractivity contribution is 5.95. The number of carbonyl (C=O) groups is 1. The maximum Gasteiger partial charge on any atom is 0.254 e.